The fourth-order valence-electron chi connectivity index (χ4n) is 6.68. The minimum absolute atomic E-state index is 0.159. The maximum absolute atomic E-state index is 5.57. The second-order valence-electron chi connectivity index (χ2n) is 16.8. The van der Waals surface area contributed by atoms with Gasteiger partial charge in [-0.25, -0.2) is 0 Å². The number of hydrogen-bond donors (Lipinski definition) is 2. The minimum Gasteiger partial charge on any atom is -0.399 e. The number of nitrogen functional groups attached to an aromatic ring is 1. The van der Waals surface area contributed by atoms with E-state index in [2.05, 4.69) is 245 Å². The second-order valence-corrected chi connectivity index (χ2v) is 17.7. The van der Waals surface area contributed by atoms with Crippen LogP contribution in [0.15, 0.2) is 211 Å². The SMILES string of the molecule is Brc1cc(-c2ccccc2)cc(-c2ccccc2)c1.CC(C)(C)c1ccc(N)cc1.CC(C)(C)c1ccc(Nc2cc(-c3ccccc3)cc(-c3ccccc3)c2)cc1. The van der Waals surface area contributed by atoms with E-state index in [9.17, 15) is 0 Å². The van der Waals surface area contributed by atoms with Crippen molar-refractivity contribution in [3.8, 4) is 44.5 Å². The summed E-state index contributed by atoms with van der Waals surface area (Å²) in [6.45, 7) is 13.3. The molecule has 3 N–H and O–H groups in total. The van der Waals surface area contributed by atoms with Crippen LogP contribution in [-0.2, 0) is 10.8 Å². The van der Waals surface area contributed by atoms with Gasteiger partial charge in [0.1, 0.15) is 0 Å². The van der Waals surface area contributed by atoms with Gasteiger partial charge in [-0.3, -0.25) is 0 Å². The standard InChI is InChI=1S/C28H27N.C18H13Br.C10H15N/c1-28(2,3)25-14-16-26(17-15-25)29-27-19-23(21-10-6-4-7-11-21)18-24(20-27)22-12-8-5-9-13-22;19-18-12-16(14-7-3-1-4-8-14)11-17(13-18)15-9-5-2-6-10-15;1-10(2,3)8-4-6-9(11)7-5-8/h4-20,29H,1-3H3;1-13H;4-7H,11H2,1-3H3. The Bertz CT molecular complexity index is 2380. The van der Waals surface area contributed by atoms with Gasteiger partial charge in [0.15, 0.2) is 0 Å². The molecule has 296 valence electrons. The molecule has 0 aliphatic heterocycles. The van der Waals surface area contributed by atoms with Crippen molar-refractivity contribution in [3.05, 3.63) is 222 Å². The summed E-state index contributed by atoms with van der Waals surface area (Å²) >= 11 is 3.61. The summed E-state index contributed by atoms with van der Waals surface area (Å²) in [6.07, 6.45) is 0. The van der Waals surface area contributed by atoms with Crippen molar-refractivity contribution in [2.24, 2.45) is 0 Å². The summed E-state index contributed by atoms with van der Waals surface area (Å²) in [7, 11) is 0. The van der Waals surface area contributed by atoms with Crippen molar-refractivity contribution >= 4 is 33.0 Å². The molecule has 3 heteroatoms. The lowest BCUT2D eigenvalue weighted by Crippen LogP contribution is -2.10. The summed E-state index contributed by atoms with van der Waals surface area (Å²) in [5, 5.41) is 3.60. The number of benzene rings is 8. The van der Waals surface area contributed by atoms with E-state index in [1.54, 1.807) is 0 Å². The van der Waals surface area contributed by atoms with E-state index < -0.39 is 0 Å². The quantitative estimate of drug-likeness (QED) is 0.164. The summed E-state index contributed by atoms with van der Waals surface area (Å²) in [6, 6.07) is 72.0. The van der Waals surface area contributed by atoms with Crippen LogP contribution in [0.5, 0.6) is 0 Å². The molecule has 0 radical (unpaired) electrons. The van der Waals surface area contributed by atoms with Crippen molar-refractivity contribution in [2.45, 2.75) is 52.4 Å². The smallest absolute Gasteiger partial charge is 0.0396 e. The number of nitrogens with one attached hydrogen (secondary N) is 1. The molecule has 0 unspecified atom stereocenters. The predicted molar refractivity (Wildman–Crippen MR) is 260 cm³/mol. The first-order valence-corrected chi connectivity index (χ1v) is 21.0. The topological polar surface area (TPSA) is 38.0 Å². The van der Waals surface area contributed by atoms with Gasteiger partial charge in [-0.05, 0) is 127 Å². The van der Waals surface area contributed by atoms with E-state index in [0.717, 1.165) is 21.5 Å². The third kappa shape index (κ3) is 12.4. The molecule has 0 saturated heterocycles. The first-order chi connectivity index (χ1) is 28.3. The molecule has 0 amide bonds. The Morgan fingerprint density at radius 3 is 0.966 bits per heavy atom. The lowest BCUT2D eigenvalue weighted by atomic mass is 9.87. The number of anilines is 3. The molecule has 0 aliphatic rings. The average molecular weight is 836 g/mol. The molecule has 0 heterocycles. The molecular formula is C56H55BrN2. The van der Waals surface area contributed by atoms with Crippen LogP contribution in [0.4, 0.5) is 17.1 Å². The van der Waals surface area contributed by atoms with Gasteiger partial charge < -0.3 is 11.1 Å². The molecule has 0 saturated carbocycles. The highest BCUT2D eigenvalue weighted by molar-refractivity contribution is 9.10. The molecule has 0 aromatic heterocycles. The van der Waals surface area contributed by atoms with Crippen LogP contribution in [-0.4, -0.2) is 0 Å². The number of rotatable bonds is 6. The zero-order valence-electron chi connectivity index (χ0n) is 35.1. The third-order valence-corrected chi connectivity index (χ3v) is 10.5. The molecular weight excluding hydrogens is 781 g/mol. The highest BCUT2D eigenvalue weighted by Gasteiger charge is 2.14. The van der Waals surface area contributed by atoms with Gasteiger partial charge in [-0.15, -0.1) is 0 Å². The average Bonchev–Trinajstić information content (AvgIpc) is 3.25. The van der Waals surface area contributed by atoms with Gasteiger partial charge in [0, 0.05) is 21.5 Å². The fraction of sp³-hybridized carbons (Fsp3) is 0.143. The van der Waals surface area contributed by atoms with Crippen molar-refractivity contribution in [3.63, 3.8) is 0 Å². The monoisotopic (exact) mass is 834 g/mol. The van der Waals surface area contributed by atoms with E-state index in [0.29, 0.717) is 0 Å². The van der Waals surface area contributed by atoms with Crippen LogP contribution in [0.2, 0.25) is 0 Å². The minimum atomic E-state index is 0.159. The highest BCUT2D eigenvalue weighted by Crippen LogP contribution is 2.33. The van der Waals surface area contributed by atoms with Crippen LogP contribution < -0.4 is 11.1 Å². The van der Waals surface area contributed by atoms with Crippen molar-refractivity contribution < 1.29 is 0 Å². The van der Waals surface area contributed by atoms with Crippen LogP contribution >= 0.6 is 15.9 Å². The Morgan fingerprint density at radius 2 is 0.644 bits per heavy atom. The number of nitrogens with two attached hydrogens (primary N) is 1. The highest BCUT2D eigenvalue weighted by atomic mass is 79.9. The van der Waals surface area contributed by atoms with Crippen LogP contribution in [0.25, 0.3) is 44.5 Å². The van der Waals surface area contributed by atoms with Gasteiger partial charge in [0.05, 0.1) is 0 Å². The summed E-state index contributed by atoms with van der Waals surface area (Å²) < 4.78 is 1.10. The first kappa shape index (κ1) is 42.4. The normalized spacial score (nSPS) is 11.0. The molecule has 0 spiro atoms. The predicted octanol–water partition coefficient (Wildman–Crippen LogP) is 16.4. The van der Waals surface area contributed by atoms with Crippen molar-refractivity contribution in [2.75, 3.05) is 11.1 Å². The molecule has 0 fully saturated rings. The first-order valence-electron chi connectivity index (χ1n) is 20.2. The summed E-state index contributed by atoms with van der Waals surface area (Å²) in [5.41, 5.74) is 21.4. The second kappa shape index (κ2) is 19.5. The maximum Gasteiger partial charge on any atom is 0.0396 e. The van der Waals surface area contributed by atoms with Crippen molar-refractivity contribution in [1.82, 2.24) is 0 Å². The summed E-state index contributed by atoms with van der Waals surface area (Å²) in [5.74, 6) is 0. The molecule has 0 bridgehead atoms. The van der Waals surface area contributed by atoms with E-state index in [1.807, 2.05) is 24.3 Å². The van der Waals surface area contributed by atoms with E-state index in [1.165, 1.54) is 55.6 Å². The maximum atomic E-state index is 5.57. The van der Waals surface area contributed by atoms with E-state index in [-0.39, 0.29) is 10.8 Å². The molecule has 2 nitrogen and oxygen atoms in total. The zero-order valence-corrected chi connectivity index (χ0v) is 36.7. The Hall–Kier alpha value is -6.16. The van der Waals surface area contributed by atoms with Gasteiger partial charge in [0.2, 0.25) is 0 Å². The molecule has 8 aromatic rings. The van der Waals surface area contributed by atoms with Crippen LogP contribution in [0.3, 0.4) is 0 Å². The van der Waals surface area contributed by atoms with Gasteiger partial charge in [0.25, 0.3) is 0 Å². The van der Waals surface area contributed by atoms with Gasteiger partial charge >= 0.3 is 0 Å². The fourth-order valence-corrected chi connectivity index (χ4v) is 7.18. The Balaban J connectivity index is 0.000000166. The van der Waals surface area contributed by atoms with Crippen LogP contribution in [0.1, 0.15) is 52.7 Å². The molecule has 59 heavy (non-hydrogen) atoms. The zero-order chi connectivity index (χ0) is 41.8. The number of halogens is 1. The molecule has 8 rings (SSSR count). The van der Waals surface area contributed by atoms with E-state index >= 15 is 0 Å². The van der Waals surface area contributed by atoms with Crippen molar-refractivity contribution in [1.29, 1.82) is 0 Å². The lowest BCUT2D eigenvalue weighted by molar-refractivity contribution is 0.590. The Kier molecular flexibility index (Phi) is 14.0. The molecule has 0 aliphatic carbocycles. The Morgan fingerprint density at radius 1 is 0.339 bits per heavy atom. The Labute approximate surface area is 361 Å². The largest absolute Gasteiger partial charge is 0.399 e. The number of hydrogen-bond acceptors (Lipinski definition) is 2. The lowest BCUT2D eigenvalue weighted by Gasteiger charge is -2.19. The van der Waals surface area contributed by atoms with Gasteiger partial charge in [-0.2, -0.15) is 0 Å². The third-order valence-electron chi connectivity index (χ3n) is 10.1. The van der Waals surface area contributed by atoms with Gasteiger partial charge in [-0.1, -0.05) is 203 Å². The molecule has 8 aromatic carbocycles. The van der Waals surface area contributed by atoms with Crippen LogP contribution in [0, 0.1) is 0 Å². The molecule has 0 atom stereocenters. The summed E-state index contributed by atoms with van der Waals surface area (Å²) in [4.78, 5) is 0. The van der Waals surface area contributed by atoms with E-state index in [4.69, 9.17) is 5.73 Å².